The summed E-state index contributed by atoms with van der Waals surface area (Å²) in [6.45, 7) is 5.44. The SMILES string of the molecule is Cc1ccc(C)c(NC(=O)[C@H](C)OC(=O)CSCc2ccc(Cl)s2)c1. The lowest BCUT2D eigenvalue weighted by molar-refractivity contribution is -0.150. The number of aryl methyl sites for hydroxylation is 2. The quantitative estimate of drug-likeness (QED) is 0.680. The molecule has 2 rings (SSSR count). The molecule has 1 atom stereocenters. The lowest BCUT2D eigenvalue weighted by Gasteiger charge is -2.15. The van der Waals surface area contributed by atoms with Crippen LogP contribution in [0.3, 0.4) is 0 Å². The van der Waals surface area contributed by atoms with Crippen molar-refractivity contribution in [3.8, 4) is 0 Å². The summed E-state index contributed by atoms with van der Waals surface area (Å²) in [6, 6.07) is 9.58. The molecule has 0 bridgehead atoms. The molecule has 0 spiro atoms. The van der Waals surface area contributed by atoms with E-state index in [1.807, 2.05) is 44.2 Å². The van der Waals surface area contributed by atoms with Gasteiger partial charge in [0.15, 0.2) is 6.10 Å². The number of ether oxygens (including phenoxy) is 1. The van der Waals surface area contributed by atoms with Crippen LogP contribution in [-0.4, -0.2) is 23.7 Å². The van der Waals surface area contributed by atoms with Gasteiger partial charge >= 0.3 is 5.97 Å². The molecule has 0 aliphatic rings. The minimum atomic E-state index is -0.843. The summed E-state index contributed by atoms with van der Waals surface area (Å²) in [5.41, 5.74) is 2.75. The summed E-state index contributed by atoms with van der Waals surface area (Å²) < 4.78 is 5.93. The van der Waals surface area contributed by atoms with Crippen molar-refractivity contribution in [3.05, 3.63) is 50.7 Å². The van der Waals surface area contributed by atoms with Crippen LogP contribution in [0.4, 0.5) is 5.69 Å². The number of hydrogen-bond donors (Lipinski definition) is 1. The predicted molar refractivity (Wildman–Crippen MR) is 106 cm³/mol. The van der Waals surface area contributed by atoms with Crippen molar-refractivity contribution < 1.29 is 14.3 Å². The van der Waals surface area contributed by atoms with E-state index in [4.69, 9.17) is 16.3 Å². The first-order valence-corrected chi connectivity index (χ1v) is 10.1. The van der Waals surface area contributed by atoms with Crippen molar-refractivity contribution in [3.63, 3.8) is 0 Å². The van der Waals surface area contributed by atoms with Gasteiger partial charge in [-0.1, -0.05) is 23.7 Å². The molecule has 2 aromatic rings. The number of rotatable bonds is 7. The van der Waals surface area contributed by atoms with Crippen LogP contribution in [0.15, 0.2) is 30.3 Å². The lowest BCUT2D eigenvalue weighted by Crippen LogP contribution is -2.30. The fourth-order valence-electron chi connectivity index (χ4n) is 2.05. The summed E-state index contributed by atoms with van der Waals surface area (Å²) in [7, 11) is 0. The highest BCUT2D eigenvalue weighted by atomic mass is 35.5. The fourth-order valence-corrected chi connectivity index (χ4v) is 4.06. The molecule has 0 radical (unpaired) electrons. The molecule has 1 aromatic carbocycles. The average molecular weight is 398 g/mol. The smallest absolute Gasteiger partial charge is 0.316 e. The number of anilines is 1. The molecule has 0 aliphatic heterocycles. The minimum absolute atomic E-state index is 0.191. The molecule has 134 valence electrons. The Bertz CT molecular complexity index is 761. The third kappa shape index (κ3) is 6.38. The zero-order valence-corrected chi connectivity index (χ0v) is 16.7. The molecule has 25 heavy (non-hydrogen) atoms. The number of carbonyl (C=O) groups is 2. The number of esters is 1. The van der Waals surface area contributed by atoms with Crippen molar-refractivity contribution in [1.29, 1.82) is 0 Å². The molecule has 1 N–H and O–H groups in total. The van der Waals surface area contributed by atoms with Crippen molar-refractivity contribution in [2.45, 2.75) is 32.6 Å². The first-order chi connectivity index (χ1) is 11.8. The van der Waals surface area contributed by atoms with Crippen LogP contribution in [0.2, 0.25) is 4.34 Å². The molecular formula is C18H20ClNO3S2. The zero-order chi connectivity index (χ0) is 18.4. The Morgan fingerprint density at radius 3 is 2.72 bits per heavy atom. The van der Waals surface area contributed by atoms with Crippen LogP contribution in [0.1, 0.15) is 22.9 Å². The highest BCUT2D eigenvalue weighted by molar-refractivity contribution is 7.99. The highest BCUT2D eigenvalue weighted by Crippen LogP contribution is 2.25. The normalized spacial score (nSPS) is 11.8. The number of benzene rings is 1. The number of halogens is 1. The van der Waals surface area contributed by atoms with Crippen LogP contribution in [-0.2, 0) is 20.1 Å². The Balaban J connectivity index is 1.77. The highest BCUT2D eigenvalue weighted by Gasteiger charge is 2.18. The Morgan fingerprint density at radius 1 is 1.28 bits per heavy atom. The van der Waals surface area contributed by atoms with Gasteiger partial charge in [0, 0.05) is 16.3 Å². The van der Waals surface area contributed by atoms with Gasteiger partial charge in [-0.05, 0) is 50.1 Å². The number of nitrogens with one attached hydrogen (secondary N) is 1. The third-order valence-electron chi connectivity index (χ3n) is 3.42. The molecule has 1 aromatic heterocycles. The second-order valence-corrected chi connectivity index (χ2v) is 8.42. The molecule has 1 heterocycles. The topological polar surface area (TPSA) is 55.4 Å². The molecule has 1 amide bonds. The predicted octanol–water partition coefficient (Wildman–Crippen LogP) is 4.82. The minimum Gasteiger partial charge on any atom is -0.452 e. The van der Waals surface area contributed by atoms with E-state index < -0.39 is 12.1 Å². The third-order valence-corrected chi connectivity index (χ3v) is 5.79. The van der Waals surface area contributed by atoms with E-state index in [0.29, 0.717) is 5.75 Å². The summed E-state index contributed by atoms with van der Waals surface area (Å²) >= 11 is 8.79. The van der Waals surface area contributed by atoms with E-state index in [1.54, 1.807) is 6.92 Å². The van der Waals surface area contributed by atoms with Gasteiger partial charge in [-0.15, -0.1) is 23.1 Å². The van der Waals surface area contributed by atoms with Crippen molar-refractivity contribution in [1.82, 2.24) is 0 Å². The molecule has 7 heteroatoms. The summed E-state index contributed by atoms with van der Waals surface area (Å²) in [5.74, 6) is 0.139. The van der Waals surface area contributed by atoms with Gasteiger partial charge in [-0.3, -0.25) is 9.59 Å². The summed E-state index contributed by atoms with van der Waals surface area (Å²) in [6.07, 6.45) is -0.843. The second kappa shape index (κ2) is 9.27. The molecule has 0 unspecified atom stereocenters. The van der Waals surface area contributed by atoms with Gasteiger partial charge in [0.1, 0.15) is 0 Å². The molecule has 0 saturated carbocycles. The zero-order valence-electron chi connectivity index (χ0n) is 14.3. The van der Waals surface area contributed by atoms with E-state index in [1.165, 1.54) is 23.1 Å². The Morgan fingerprint density at radius 2 is 2.04 bits per heavy atom. The van der Waals surface area contributed by atoms with Gasteiger partial charge in [0.2, 0.25) is 0 Å². The van der Waals surface area contributed by atoms with Gasteiger partial charge < -0.3 is 10.1 Å². The number of thioether (sulfide) groups is 1. The fraction of sp³-hybridized carbons (Fsp3) is 0.333. The monoisotopic (exact) mass is 397 g/mol. The number of carbonyl (C=O) groups excluding carboxylic acids is 2. The van der Waals surface area contributed by atoms with Gasteiger partial charge in [0.05, 0.1) is 10.1 Å². The molecule has 0 fully saturated rings. The summed E-state index contributed by atoms with van der Waals surface area (Å²) in [5, 5.41) is 2.80. The molecule has 0 aliphatic carbocycles. The number of hydrogen-bond acceptors (Lipinski definition) is 5. The van der Waals surface area contributed by atoms with Crippen LogP contribution in [0.5, 0.6) is 0 Å². The maximum absolute atomic E-state index is 12.2. The Labute approximate surface area is 160 Å². The van der Waals surface area contributed by atoms with Crippen LogP contribution >= 0.6 is 34.7 Å². The first kappa shape index (κ1) is 19.8. The van der Waals surface area contributed by atoms with Gasteiger partial charge in [-0.25, -0.2) is 0 Å². The van der Waals surface area contributed by atoms with E-state index in [9.17, 15) is 9.59 Å². The van der Waals surface area contributed by atoms with Crippen molar-refractivity contribution in [2.24, 2.45) is 0 Å². The average Bonchev–Trinajstić information content (AvgIpc) is 2.96. The Kier molecular flexibility index (Phi) is 7.35. The molecule has 0 saturated heterocycles. The van der Waals surface area contributed by atoms with Crippen molar-refractivity contribution >= 4 is 52.3 Å². The maximum Gasteiger partial charge on any atom is 0.316 e. The number of thiophene rings is 1. The Hall–Kier alpha value is -1.50. The number of amides is 1. The van der Waals surface area contributed by atoms with E-state index in [0.717, 1.165) is 26.0 Å². The van der Waals surface area contributed by atoms with Crippen LogP contribution in [0, 0.1) is 13.8 Å². The van der Waals surface area contributed by atoms with Crippen molar-refractivity contribution in [2.75, 3.05) is 11.1 Å². The first-order valence-electron chi connectivity index (χ1n) is 7.74. The van der Waals surface area contributed by atoms with Crippen LogP contribution < -0.4 is 5.32 Å². The van der Waals surface area contributed by atoms with E-state index in [-0.39, 0.29) is 11.7 Å². The lowest BCUT2D eigenvalue weighted by atomic mass is 10.1. The molecule has 4 nitrogen and oxygen atoms in total. The summed E-state index contributed by atoms with van der Waals surface area (Å²) in [4.78, 5) is 25.2. The van der Waals surface area contributed by atoms with E-state index >= 15 is 0 Å². The van der Waals surface area contributed by atoms with Crippen LogP contribution in [0.25, 0.3) is 0 Å². The maximum atomic E-state index is 12.2. The largest absolute Gasteiger partial charge is 0.452 e. The standard InChI is InChI=1S/C18H20ClNO3S2/c1-11-4-5-12(2)15(8-11)20-18(22)13(3)23-17(21)10-24-9-14-6-7-16(19)25-14/h4-8,13H,9-10H2,1-3H3,(H,20,22)/t13-/m0/s1. The second-order valence-electron chi connectivity index (χ2n) is 5.64. The van der Waals surface area contributed by atoms with Gasteiger partial charge in [0.25, 0.3) is 5.91 Å². The van der Waals surface area contributed by atoms with Gasteiger partial charge in [-0.2, -0.15) is 0 Å². The van der Waals surface area contributed by atoms with E-state index in [2.05, 4.69) is 5.32 Å². The molecular weight excluding hydrogens is 378 g/mol.